The van der Waals surface area contributed by atoms with Gasteiger partial charge in [0.25, 0.3) is 0 Å². The van der Waals surface area contributed by atoms with Gasteiger partial charge < -0.3 is 10.5 Å². The van der Waals surface area contributed by atoms with Crippen molar-refractivity contribution in [2.45, 2.75) is 44.8 Å². The quantitative estimate of drug-likeness (QED) is 0.765. The van der Waals surface area contributed by atoms with Gasteiger partial charge in [0, 0.05) is 11.6 Å². The second kappa shape index (κ2) is 5.63. The van der Waals surface area contributed by atoms with Gasteiger partial charge >= 0.3 is 0 Å². The number of ether oxygens (including phenoxy) is 1. The van der Waals surface area contributed by atoms with Gasteiger partial charge in [0.1, 0.15) is 0 Å². The third-order valence-electron chi connectivity index (χ3n) is 2.45. The second-order valence-corrected chi connectivity index (χ2v) is 4.02. The summed E-state index contributed by atoms with van der Waals surface area (Å²) in [4.78, 5) is 0. The van der Waals surface area contributed by atoms with E-state index >= 15 is 0 Å². The van der Waals surface area contributed by atoms with Gasteiger partial charge in [0.15, 0.2) is 0 Å². The van der Waals surface area contributed by atoms with E-state index in [-0.39, 0.29) is 0 Å². The van der Waals surface area contributed by atoms with Crippen LogP contribution in [0.25, 0.3) is 0 Å². The van der Waals surface area contributed by atoms with Crippen LogP contribution >= 0.6 is 11.6 Å². The van der Waals surface area contributed by atoms with Crippen LogP contribution in [0.2, 0.25) is 0 Å². The molecule has 76 valence electrons. The highest BCUT2D eigenvalue weighted by Gasteiger charge is 2.18. The Morgan fingerprint density at radius 2 is 2.08 bits per heavy atom. The fourth-order valence-electron chi connectivity index (χ4n) is 1.54. The molecule has 0 aromatic heterocycles. The molecule has 1 aliphatic carbocycles. The Labute approximate surface area is 85.1 Å². The lowest BCUT2D eigenvalue weighted by molar-refractivity contribution is 0.0391. The van der Waals surface area contributed by atoms with Crippen molar-refractivity contribution in [2.75, 3.05) is 6.61 Å². The number of nitrogens with two attached hydrogens (primary N) is 1. The summed E-state index contributed by atoms with van der Waals surface area (Å²) in [6, 6.07) is 0.393. The zero-order valence-corrected chi connectivity index (χ0v) is 8.89. The van der Waals surface area contributed by atoms with Crippen LogP contribution in [0.3, 0.4) is 0 Å². The van der Waals surface area contributed by atoms with Crippen molar-refractivity contribution >= 4 is 11.6 Å². The average Bonchev–Trinajstić information content (AvgIpc) is 2.16. The molecule has 1 saturated carbocycles. The summed E-state index contributed by atoms with van der Waals surface area (Å²) in [6.07, 6.45) is 4.77. The fraction of sp³-hybridized carbons (Fsp3) is 0.800. The summed E-state index contributed by atoms with van der Waals surface area (Å²) in [7, 11) is 0. The van der Waals surface area contributed by atoms with E-state index in [1.165, 1.54) is 0 Å². The molecule has 0 aromatic rings. The third kappa shape index (κ3) is 4.12. The highest BCUT2D eigenvalue weighted by molar-refractivity contribution is 6.25. The summed E-state index contributed by atoms with van der Waals surface area (Å²) in [5.41, 5.74) is 8.45. The van der Waals surface area contributed by atoms with Crippen molar-refractivity contribution < 1.29 is 4.74 Å². The van der Waals surface area contributed by atoms with Crippen LogP contribution in [0.4, 0.5) is 0 Å². The van der Waals surface area contributed by atoms with Gasteiger partial charge in [-0.1, -0.05) is 11.6 Å². The molecule has 0 aliphatic heterocycles. The van der Waals surface area contributed by atoms with E-state index in [0.29, 0.717) is 18.8 Å². The molecule has 0 saturated heterocycles. The number of halogens is 1. The van der Waals surface area contributed by atoms with Gasteiger partial charge in [0.2, 0.25) is 0 Å². The maximum absolute atomic E-state index is 5.79. The van der Waals surface area contributed by atoms with Crippen molar-refractivity contribution in [1.29, 1.82) is 0 Å². The molecule has 0 heterocycles. The molecular formula is C10H18ClNO. The predicted octanol–water partition coefficient (Wildman–Crippen LogP) is 2.42. The van der Waals surface area contributed by atoms with Crippen molar-refractivity contribution in [3.05, 3.63) is 11.1 Å². The van der Waals surface area contributed by atoms with E-state index in [1.807, 2.05) is 6.92 Å². The highest BCUT2D eigenvalue weighted by atomic mass is 35.5. The van der Waals surface area contributed by atoms with Crippen LogP contribution in [-0.2, 0) is 4.74 Å². The molecule has 1 aliphatic rings. The Kier molecular flexibility index (Phi) is 4.78. The molecule has 1 fully saturated rings. The average molecular weight is 204 g/mol. The van der Waals surface area contributed by atoms with Crippen molar-refractivity contribution in [1.82, 2.24) is 0 Å². The summed E-state index contributed by atoms with van der Waals surface area (Å²) in [5.74, 6) is 0. The van der Waals surface area contributed by atoms with Crippen molar-refractivity contribution in [3.8, 4) is 0 Å². The standard InChI is InChI=1S/C10H18ClNO/c1-8(6-11)7-13-10-4-2-9(12)3-5-10/h6,9-10H,2-5,7,12H2,1H3. The summed E-state index contributed by atoms with van der Waals surface area (Å²) in [5, 5.41) is 0. The van der Waals surface area contributed by atoms with Crippen LogP contribution in [0.1, 0.15) is 32.6 Å². The normalized spacial score (nSPS) is 30.5. The first kappa shape index (κ1) is 11.0. The molecule has 0 radical (unpaired) electrons. The molecule has 0 atom stereocenters. The first-order valence-corrected chi connectivity index (χ1v) is 5.29. The van der Waals surface area contributed by atoms with E-state index in [4.69, 9.17) is 22.1 Å². The van der Waals surface area contributed by atoms with Crippen LogP contribution in [0.5, 0.6) is 0 Å². The molecule has 0 bridgehead atoms. The Hall–Kier alpha value is -0.0500. The topological polar surface area (TPSA) is 35.2 Å². The molecule has 2 nitrogen and oxygen atoms in total. The molecule has 13 heavy (non-hydrogen) atoms. The molecule has 1 rings (SSSR count). The Morgan fingerprint density at radius 3 is 2.62 bits per heavy atom. The van der Waals surface area contributed by atoms with Crippen molar-refractivity contribution in [3.63, 3.8) is 0 Å². The Bertz CT molecular complexity index is 174. The van der Waals surface area contributed by atoms with Crippen molar-refractivity contribution in [2.24, 2.45) is 5.73 Å². The number of hydrogen-bond acceptors (Lipinski definition) is 2. The van der Waals surface area contributed by atoms with E-state index in [0.717, 1.165) is 31.3 Å². The van der Waals surface area contributed by atoms with Gasteiger partial charge in [-0.25, -0.2) is 0 Å². The molecule has 2 N–H and O–H groups in total. The first-order valence-electron chi connectivity index (χ1n) is 4.85. The van der Waals surface area contributed by atoms with Gasteiger partial charge in [-0.3, -0.25) is 0 Å². The van der Waals surface area contributed by atoms with E-state index in [2.05, 4.69) is 0 Å². The van der Waals surface area contributed by atoms with E-state index in [1.54, 1.807) is 5.54 Å². The van der Waals surface area contributed by atoms with Crippen LogP contribution in [-0.4, -0.2) is 18.8 Å². The molecule has 0 aromatic carbocycles. The fourth-order valence-corrected chi connectivity index (χ4v) is 1.60. The predicted molar refractivity (Wildman–Crippen MR) is 55.8 cm³/mol. The lowest BCUT2D eigenvalue weighted by Gasteiger charge is -2.26. The largest absolute Gasteiger partial charge is 0.374 e. The van der Waals surface area contributed by atoms with Gasteiger partial charge in [0.05, 0.1) is 12.7 Å². The summed E-state index contributed by atoms with van der Waals surface area (Å²) < 4.78 is 5.68. The Morgan fingerprint density at radius 1 is 1.46 bits per heavy atom. The zero-order valence-electron chi connectivity index (χ0n) is 8.13. The zero-order chi connectivity index (χ0) is 9.68. The highest BCUT2D eigenvalue weighted by Crippen LogP contribution is 2.20. The molecule has 3 heteroatoms. The van der Waals surface area contributed by atoms with E-state index < -0.39 is 0 Å². The SMILES string of the molecule is CC(=CCl)COC1CCC(N)CC1. The minimum atomic E-state index is 0.393. The molecule has 0 amide bonds. The smallest absolute Gasteiger partial charge is 0.0689 e. The third-order valence-corrected chi connectivity index (χ3v) is 2.82. The number of rotatable bonds is 3. The molecule has 0 unspecified atom stereocenters. The second-order valence-electron chi connectivity index (χ2n) is 3.80. The summed E-state index contributed by atoms with van der Waals surface area (Å²) in [6.45, 7) is 2.63. The van der Waals surface area contributed by atoms with Gasteiger partial charge in [-0.2, -0.15) is 0 Å². The Balaban J connectivity index is 2.16. The van der Waals surface area contributed by atoms with Crippen LogP contribution < -0.4 is 5.73 Å². The summed E-state index contributed by atoms with van der Waals surface area (Å²) >= 11 is 5.53. The molecule has 0 spiro atoms. The van der Waals surface area contributed by atoms with Crippen LogP contribution in [0, 0.1) is 0 Å². The van der Waals surface area contributed by atoms with E-state index in [9.17, 15) is 0 Å². The first-order chi connectivity index (χ1) is 6.22. The van der Waals surface area contributed by atoms with Gasteiger partial charge in [-0.05, 0) is 38.2 Å². The monoisotopic (exact) mass is 203 g/mol. The van der Waals surface area contributed by atoms with Gasteiger partial charge in [-0.15, -0.1) is 0 Å². The maximum Gasteiger partial charge on any atom is 0.0689 e. The maximum atomic E-state index is 5.79. The molecular weight excluding hydrogens is 186 g/mol. The lowest BCUT2D eigenvalue weighted by atomic mass is 9.94. The van der Waals surface area contributed by atoms with Crippen LogP contribution in [0.15, 0.2) is 11.1 Å². The minimum Gasteiger partial charge on any atom is -0.374 e. The minimum absolute atomic E-state index is 0.393. The number of hydrogen-bond donors (Lipinski definition) is 1. The lowest BCUT2D eigenvalue weighted by Crippen LogP contribution is -2.30.